The van der Waals surface area contributed by atoms with Crippen LogP contribution < -0.4 is 9.62 Å². The molecule has 0 radical (unpaired) electrons. The van der Waals surface area contributed by atoms with Crippen LogP contribution in [-0.4, -0.2) is 44.3 Å². The van der Waals surface area contributed by atoms with Gasteiger partial charge in [0, 0.05) is 29.6 Å². The number of carbonyl (C=O) groups is 2. The second kappa shape index (κ2) is 14.5. The van der Waals surface area contributed by atoms with Gasteiger partial charge in [0.1, 0.15) is 18.4 Å². The monoisotopic (exact) mass is 641 g/mol. The van der Waals surface area contributed by atoms with Gasteiger partial charge < -0.3 is 10.2 Å². The van der Waals surface area contributed by atoms with E-state index in [0.29, 0.717) is 12.1 Å². The molecule has 0 spiro atoms. The van der Waals surface area contributed by atoms with E-state index < -0.39 is 40.2 Å². The molecular formula is C32H30Cl2FN3O4S. The zero-order valence-corrected chi connectivity index (χ0v) is 25.6. The molecule has 2 amide bonds. The van der Waals surface area contributed by atoms with Crippen molar-refractivity contribution >= 4 is 50.7 Å². The molecule has 0 aliphatic rings. The SMILES string of the molecule is CCNC(=O)[C@H](Cc1ccccc1)N(Cc1ccc(F)cc1)C(=O)CN(c1cc(Cl)cc(Cl)c1)S(=O)(=O)c1ccccc1. The normalized spacial score (nSPS) is 11.9. The number of anilines is 1. The number of benzene rings is 4. The maximum Gasteiger partial charge on any atom is 0.264 e. The Balaban J connectivity index is 1.81. The first-order valence-electron chi connectivity index (χ1n) is 13.5. The molecule has 224 valence electrons. The minimum Gasteiger partial charge on any atom is -0.355 e. The summed E-state index contributed by atoms with van der Waals surface area (Å²) in [5.74, 6) is -1.53. The molecule has 43 heavy (non-hydrogen) atoms. The Labute approximate surface area is 260 Å². The zero-order valence-electron chi connectivity index (χ0n) is 23.3. The van der Waals surface area contributed by atoms with Crippen molar-refractivity contribution in [1.29, 1.82) is 0 Å². The first-order valence-corrected chi connectivity index (χ1v) is 15.7. The lowest BCUT2D eigenvalue weighted by molar-refractivity contribution is -0.140. The van der Waals surface area contributed by atoms with Crippen LogP contribution in [-0.2, 0) is 32.6 Å². The number of sulfonamides is 1. The van der Waals surface area contributed by atoms with Crippen LogP contribution in [0.5, 0.6) is 0 Å². The summed E-state index contributed by atoms with van der Waals surface area (Å²) in [7, 11) is -4.29. The molecule has 0 heterocycles. The van der Waals surface area contributed by atoms with E-state index in [0.717, 1.165) is 9.87 Å². The summed E-state index contributed by atoms with van der Waals surface area (Å²) in [5.41, 5.74) is 1.43. The van der Waals surface area contributed by atoms with Gasteiger partial charge >= 0.3 is 0 Å². The molecule has 11 heteroatoms. The summed E-state index contributed by atoms with van der Waals surface area (Å²) in [5, 5.41) is 3.15. The second-order valence-electron chi connectivity index (χ2n) is 9.70. The van der Waals surface area contributed by atoms with Crippen molar-refractivity contribution in [1.82, 2.24) is 10.2 Å². The Morgan fingerprint density at radius 3 is 2.00 bits per heavy atom. The predicted octanol–water partition coefficient (Wildman–Crippen LogP) is 6.10. The number of hydrogen-bond donors (Lipinski definition) is 1. The summed E-state index contributed by atoms with van der Waals surface area (Å²) in [6.45, 7) is 1.34. The topological polar surface area (TPSA) is 86.8 Å². The summed E-state index contributed by atoms with van der Waals surface area (Å²) < 4.78 is 42.6. The molecule has 7 nitrogen and oxygen atoms in total. The number of hydrogen-bond acceptors (Lipinski definition) is 4. The van der Waals surface area contributed by atoms with Crippen molar-refractivity contribution in [3.05, 3.63) is 130 Å². The highest BCUT2D eigenvalue weighted by molar-refractivity contribution is 7.92. The minimum absolute atomic E-state index is 0.0476. The van der Waals surface area contributed by atoms with Crippen molar-refractivity contribution in [2.24, 2.45) is 0 Å². The van der Waals surface area contributed by atoms with E-state index in [4.69, 9.17) is 23.2 Å². The van der Waals surface area contributed by atoms with Crippen LogP contribution in [0, 0.1) is 5.82 Å². The summed E-state index contributed by atoms with van der Waals surface area (Å²) in [4.78, 5) is 29.0. The molecule has 0 aliphatic carbocycles. The van der Waals surface area contributed by atoms with E-state index in [2.05, 4.69) is 5.32 Å². The minimum atomic E-state index is -4.29. The van der Waals surface area contributed by atoms with Gasteiger partial charge in [0.25, 0.3) is 10.0 Å². The first-order chi connectivity index (χ1) is 20.6. The Bertz CT molecular complexity index is 1640. The Morgan fingerprint density at radius 1 is 0.837 bits per heavy atom. The smallest absolute Gasteiger partial charge is 0.264 e. The Kier molecular flexibility index (Phi) is 10.8. The first kappa shape index (κ1) is 32.0. The van der Waals surface area contributed by atoms with Gasteiger partial charge in [-0.25, -0.2) is 12.8 Å². The quantitative estimate of drug-likeness (QED) is 0.202. The van der Waals surface area contributed by atoms with Crippen molar-refractivity contribution in [3.63, 3.8) is 0 Å². The Hall–Kier alpha value is -3.92. The second-order valence-corrected chi connectivity index (χ2v) is 12.4. The molecule has 4 aromatic carbocycles. The van der Waals surface area contributed by atoms with Crippen LogP contribution in [0.25, 0.3) is 0 Å². The molecule has 0 saturated heterocycles. The fourth-order valence-corrected chi connectivity index (χ4v) is 6.50. The average Bonchev–Trinajstić information content (AvgIpc) is 2.99. The van der Waals surface area contributed by atoms with Crippen molar-refractivity contribution in [2.45, 2.75) is 30.8 Å². The van der Waals surface area contributed by atoms with Crippen molar-refractivity contribution in [2.75, 3.05) is 17.4 Å². The molecule has 0 aromatic heterocycles. The third kappa shape index (κ3) is 8.34. The molecule has 0 bridgehead atoms. The maximum atomic E-state index is 14.3. The number of nitrogens with one attached hydrogen (secondary N) is 1. The Morgan fingerprint density at radius 2 is 1.42 bits per heavy atom. The average molecular weight is 643 g/mol. The van der Waals surface area contributed by atoms with E-state index in [9.17, 15) is 22.4 Å². The lowest BCUT2D eigenvalue weighted by Crippen LogP contribution is -2.53. The van der Waals surface area contributed by atoms with Gasteiger partial charge in [-0.05, 0) is 60.5 Å². The molecular weight excluding hydrogens is 612 g/mol. The van der Waals surface area contributed by atoms with Crippen LogP contribution >= 0.6 is 23.2 Å². The molecule has 1 atom stereocenters. The lowest BCUT2D eigenvalue weighted by atomic mass is 10.0. The maximum absolute atomic E-state index is 14.3. The highest BCUT2D eigenvalue weighted by Gasteiger charge is 2.34. The van der Waals surface area contributed by atoms with Crippen LogP contribution in [0.15, 0.2) is 108 Å². The molecule has 0 aliphatic heterocycles. The number of nitrogens with zero attached hydrogens (tertiary/aromatic N) is 2. The van der Waals surface area contributed by atoms with E-state index in [1.807, 2.05) is 30.3 Å². The summed E-state index contributed by atoms with van der Waals surface area (Å²) in [6, 6.07) is 25.6. The number of carbonyl (C=O) groups excluding carboxylic acids is 2. The lowest BCUT2D eigenvalue weighted by Gasteiger charge is -2.34. The third-order valence-electron chi connectivity index (χ3n) is 6.63. The summed E-state index contributed by atoms with van der Waals surface area (Å²) >= 11 is 12.5. The van der Waals surface area contributed by atoms with E-state index in [-0.39, 0.29) is 33.6 Å². The molecule has 0 fully saturated rings. The number of halogens is 3. The molecule has 1 N–H and O–H groups in total. The van der Waals surface area contributed by atoms with Crippen LogP contribution in [0.2, 0.25) is 10.0 Å². The van der Waals surface area contributed by atoms with Gasteiger partial charge in [-0.1, -0.05) is 83.9 Å². The number of amides is 2. The summed E-state index contributed by atoms with van der Waals surface area (Å²) in [6.07, 6.45) is 0.161. The molecule has 4 aromatic rings. The molecule has 0 saturated carbocycles. The van der Waals surface area contributed by atoms with Crippen LogP contribution in [0.4, 0.5) is 10.1 Å². The highest BCUT2D eigenvalue weighted by atomic mass is 35.5. The van der Waals surface area contributed by atoms with Crippen LogP contribution in [0.3, 0.4) is 0 Å². The third-order valence-corrected chi connectivity index (χ3v) is 8.86. The van der Waals surface area contributed by atoms with E-state index in [1.165, 1.54) is 59.5 Å². The molecule has 0 unspecified atom stereocenters. The van der Waals surface area contributed by atoms with Gasteiger partial charge in [0.05, 0.1) is 10.6 Å². The van der Waals surface area contributed by atoms with Gasteiger partial charge in [-0.15, -0.1) is 0 Å². The number of rotatable bonds is 12. The zero-order chi connectivity index (χ0) is 31.0. The molecule has 4 rings (SSSR count). The standard InChI is InChI=1S/C32H30Cl2FN3O4S/c1-2-36-32(40)30(17-23-9-5-3-6-10-23)37(21-24-13-15-27(35)16-14-24)31(39)22-38(28-19-25(33)18-26(34)20-28)43(41,42)29-11-7-4-8-12-29/h3-16,18-20,30H,2,17,21-22H2,1H3,(H,36,40)/t30-/m0/s1. The van der Waals surface area contributed by atoms with Gasteiger partial charge in [0.2, 0.25) is 11.8 Å². The van der Waals surface area contributed by atoms with Crippen LogP contribution in [0.1, 0.15) is 18.1 Å². The largest absolute Gasteiger partial charge is 0.355 e. The fourth-order valence-electron chi connectivity index (χ4n) is 4.56. The van der Waals surface area contributed by atoms with Gasteiger partial charge in [-0.3, -0.25) is 13.9 Å². The van der Waals surface area contributed by atoms with E-state index in [1.54, 1.807) is 25.1 Å². The van der Waals surface area contributed by atoms with Crippen molar-refractivity contribution in [3.8, 4) is 0 Å². The predicted molar refractivity (Wildman–Crippen MR) is 167 cm³/mol. The van der Waals surface area contributed by atoms with Gasteiger partial charge in [-0.2, -0.15) is 0 Å². The van der Waals surface area contributed by atoms with Gasteiger partial charge in [0.15, 0.2) is 0 Å². The number of likely N-dealkylation sites (N-methyl/N-ethyl adjacent to an activating group) is 1. The van der Waals surface area contributed by atoms with E-state index >= 15 is 0 Å². The fraction of sp³-hybridized carbons (Fsp3) is 0.188. The highest BCUT2D eigenvalue weighted by Crippen LogP contribution is 2.30. The van der Waals surface area contributed by atoms with Crippen molar-refractivity contribution < 1.29 is 22.4 Å².